The Labute approximate surface area is 167 Å². The predicted molar refractivity (Wildman–Crippen MR) is 103 cm³/mol. The number of halogens is 3. The Morgan fingerprint density at radius 1 is 1.03 bits per heavy atom. The van der Waals surface area contributed by atoms with Crippen molar-refractivity contribution in [3.05, 3.63) is 70.8 Å². The molecule has 2 aromatic carbocycles. The molecule has 1 N–H and O–H groups in total. The Morgan fingerprint density at radius 3 is 2.24 bits per heavy atom. The molecule has 0 aromatic heterocycles. The second-order valence-electron chi connectivity index (χ2n) is 7.29. The summed E-state index contributed by atoms with van der Waals surface area (Å²) >= 11 is 0. The maximum atomic E-state index is 12.7. The highest BCUT2D eigenvalue weighted by atomic mass is 19.4. The van der Waals surface area contributed by atoms with Crippen LogP contribution in [0.2, 0.25) is 0 Å². The largest absolute Gasteiger partial charge is 0.416 e. The van der Waals surface area contributed by atoms with E-state index in [2.05, 4.69) is 5.32 Å². The zero-order valence-electron chi connectivity index (χ0n) is 16.1. The fraction of sp³-hybridized carbons (Fsp3) is 0.364. The number of nitrogens with one attached hydrogen (secondary N) is 1. The van der Waals surface area contributed by atoms with Crippen molar-refractivity contribution in [3.8, 4) is 0 Å². The van der Waals surface area contributed by atoms with E-state index in [1.165, 1.54) is 12.1 Å². The minimum atomic E-state index is -4.43. The van der Waals surface area contributed by atoms with E-state index in [-0.39, 0.29) is 23.3 Å². The minimum Gasteiger partial charge on any atom is -0.352 e. The number of likely N-dealkylation sites (tertiary alicyclic amines) is 1. The number of hydrogen-bond acceptors (Lipinski definition) is 2. The number of carbonyl (C=O) groups is 2. The van der Waals surface area contributed by atoms with Crippen molar-refractivity contribution in [2.75, 3.05) is 13.1 Å². The van der Waals surface area contributed by atoms with Crippen LogP contribution in [-0.2, 0) is 17.5 Å². The van der Waals surface area contributed by atoms with Gasteiger partial charge in [0.05, 0.1) is 5.56 Å². The van der Waals surface area contributed by atoms with E-state index < -0.39 is 11.7 Å². The first-order valence-corrected chi connectivity index (χ1v) is 9.54. The highest BCUT2D eigenvalue weighted by Crippen LogP contribution is 2.29. The Balaban J connectivity index is 1.51. The fourth-order valence-electron chi connectivity index (χ4n) is 3.46. The molecule has 154 valence electrons. The molecule has 0 aliphatic carbocycles. The number of amides is 2. The number of nitrogens with zero attached hydrogens (tertiary/aromatic N) is 1. The molecule has 1 heterocycles. The lowest BCUT2D eigenvalue weighted by Crippen LogP contribution is -2.43. The molecule has 1 aliphatic heterocycles. The Hall–Kier alpha value is -2.83. The smallest absolute Gasteiger partial charge is 0.352 e. The fourth-order valence-corrected chi connectivity index (χ4v) is 3.46. The van der Waals surface area contributed by atoms with Crippen LogP contribution in [0.5, 0.6) is 0 Å². The molecule has 0 saturated carbocycles. The Kier molecular flexibility index (Phi) is 6.25. The van der Waals surface area contributed by atoms with Crippen molar-refractivity contribution in [2.24, 2.45) is 5.92 Å². The standard InChI is InChI=1S/C22H23F3N2O2/c1-15-4-2-3-5-18(15)14-26-20(28)16-10-12-27(13-11-16)21(29)17-6-8-19(9-7-17)22(23,24)25/h2-9,16H,10-14H2,1H3,(H,26,28). The maximum absolute atomic E-state index is 12.7. The molecule has 2 aromatic rings. The van der Waals surface area contributed by atoms with Gasteiger partial charge in [0, 0.05) is 31.1 Å². The molecular formula is C22H23F3N2O2. The lowest BCUT2D eigenvalue weighted by molar-refractivity contribution is -0.137. The second-order valence-corrected chi connectivity index (χ2v) is 7.29. The molecule has 4 nitrogen and oxygen atoms in total. The van der Waals surface area contributed by atoms with Crippen LogP contribution in [0.1, 0.15) is 39.9 Å². The third-order valence-electron chi connectivity index (χ3n) is 5.33. The number of alkyl halides is 3. The summed E-state index contributed by atoms with van der Waals surface area (Å²) in [6.07, 6.45) is -3.36. The third kappa shape index (κ3) is 5.16. The monoisotopic (exact) mass is 404 g/mol. The van der Waals surface area contributed by atoms with Crippen LogP contribution in [-0.4, -0.2) is 29.8 Å². The van der Waals surface area contributed by atoms with Crippen LogP contribution in [0, 0.1) is 12.8 Å². The molecule has 7 heteroatoms. The molecule has 1 saturated heterocycles. The summed E-state index contributed by atoms with van der Waals surface area (Å²) in [5.74, 6) is -0.511. The van der Waals surface area contributed by atoms with E-state index in [0.29, 0.717) is 32.5 Å². The molecule has 1 aliphatic rings. The van der Waals surface area contributed by atoms with Gasteiger partial charge in [-0.1, -0.05) is 24.3 Å². The molecule has 0 atom stereocenters. The van der Waals surface area contributed by atoms with E-state index in [0.717, 1.165) is 23.3 Å². The summed E-state index contributed by atoms with van der Waals surface area (Å²) < 4.78 is 38.0. The molecule has 0 radical (unpaired) electrons. The maximum Gasteiger partial charge on any atom is 0.416 e. The molecule has 1 fully saturated rings. The van der Waals surface area contributed by atoms with Crippen LogP contribution in [0.3, 0.4) is 0 Å². The van der Waals surface area contributed by atoms with Crippen LogP contribution in [0.15, 0.2) is 48.5 Å². The Bertz CT molecular complexity index is 870. The van der Waals surface area contributed by atoms with Crippen LogP contribution in [0.25, 0.3) is 0 Å². The van der Waals surface area contributed by atoms with Crippen molar-refractivity contribution in [3.63, 3.8) is 0 Å². The second kappa shape index (κ2) is 8.68. The first kappa shape index (κ1) is 20.9. The first-order chi connectivity index (χ1) is 13.8. The molecular weight excluding hydrogens is 381 g/mol. The van der Waals surface area contributed by atoms with Crippen molar-refractivity contribution in [1.82, 2.24) is 10.2 Å². The number of benzene rings is 2. The quantitative estimate of drug-likeness (QED) is 0.831. The van der Waals surface area contributed by atoms with Gasteiger partial charge in [0.1, 0.15) is 0 Å². The van der Waals surface area contributed by atoms with E-state index in [1.54, 1.807) is 4.90 Å². The molecule has 29 heavy (non-hydrogen) atoms. The van der Waals surface area contributed by atoms with E-state index in [4.69, 9.17) is 0 Å². The zero-order chi connectivity index (χ0) is 21.0. The Morgan fingerprint density at radius 2 is 1.66 bits per heavy atom. The lowest BCUT2D eigenvalue weighted by Gasteiger charge is -2.31. The zero-order valence-corrected chi connectivity index (χ0v) is 16.1. The first-order valence-electron chi connectivity index (χ1n) is 9.54. The van der Waals surface area contributed by atoms with Crippen molar-refractivity contribution in [2.45, 2.75) is 32.5 Å². The molecule has 0 bridgehead atoms. The summed E-state index contributed by atoms with van der Waals surface area (Å²) in [4.78, 5) is 26.6. The SMILES string of the molecule is Cc1ccccc1CNC(=O)C1CCN(C(=O)c2ccc(C(F)(F)F)cc2)CC1. The summed E-state index contributed by atoms with van der Waals surface area (Å²) in [6, 6.07) is 12.1. The topological polar surface area (TPSA) is 49.4 Å². The van der Waals surface area contributed by atoms with Crippen molar-refractivity contribution in [1.29, 1.82) is 0 Å². The van der Waals surface area contributed by atoms with Crippen LogP contribution in [0.4, 0.5) is 13.2 Å². The average molecular weight is 404 g/mol. The lowest BCUT2D eigenvalue weighted by atomic mass is 9.95. The summed E-state index contributed by atoms with van der Waals surface area (Å²) in [5, 5.41) is 2.96. The van der Waals surface area contributed by atoms with Gasteiger partial charge in [-0.3, -0.25) is 9.59 Å². The molecule has 2 amide bonds. The van der Waals surface area contributed by atoms with Gasteiger partial charge in [-0.2, -0.15) is 13.2 Å². The number of carbonyl (C=O) groups excluding carboxylic acids is 2. The van der Waals surface area contributed by atoms with Crippen molar-refractivity contribution < 1.29 is 22.8 Å². The third-order valence-corrected chi connectivity index (χ3v) is 5.33. The van der Waals surface area contributed by atoms with Crippen molar-refractivity contribution >= 4 is 11.8 Å². The normalized spacial score (nSPS) is 15.2. The number of piperidine rings is 1. The van der Waals surface area contributed by atoms with E-state index in [1.807, 2.05) is 31.2 Å². The van der Waals surface area contributed by atoms with Crippen LogP contribution < -0.4 is 5.32 Å². The summed E-state index contributed by atoms with van der Waals surface area (Å²) in [5.41, 5.74) is 1.62. The van der Waals surface area contributed by atoms with E-state index >= 15 is 0 Å². The number of hydrogen-bond donors (Lipinski definition) is 1. The molecule has 3 rings (SSSR count). The minimum absolute atomic E-state index is 0.0325. The molecule has 0 spiro atoms. The van der Waals surface area contributed by atoms with Gasteiger partial charge < -0.3 is 10.2 Å². The molecule has 0 unspecified atom stereocenters. The number of aryl methyl sites for hydroxylation is 1. The average Bonchev–Trinajstić information content (AvgIpc) is 2.72. The summed E-state index contributed by atoms with van der Waals surface area (Å²) in [7, 11) is 0. The van der Waals surface area contributed by atoms with Gasteiger partial charge in [0.15, 0.2) is 0 Å². The van der Waals surface area contributed by atoms with E-state index in [9.17, 15) is 22.8 Å². The van der Waals surface area contributed by atoms with Gasteiger partial charge in [-0.15, -0.1) is 0 Å². The summed E-state index contributed by atoms with van der Waals surface area (Å²) in [6.45, 7) is 3.27. The van der Waals surface area contributed by atoms with Gasteiger partial charge in [0.2, 0.25) is 5.91 Å². The highest BCUT2D eigenvalue weighted by Gasteiger charge is 2.31. The highest BCUT2D eigenvalue weighted by molar-refractivity contribution is 5.94. The van der Waals surface area contributed by atoms with Gasteiger partial charge >= 0.3 is 6.18 Å². The van der Waals surface area contributed by atoms with Crippen LogP contribution >= 0.6 is 0 Å². The van der Waals surface area contributed by atoms with Gasteiger partial charge in [-0.25, -0.2) is 0 Å². The predicted octanol–water partition coefficient (Wildman–Crippen LogP) is 4.18. The number of rotatable bonds is 4. The van der Waals surface area contributed by atoms with Gasteiger partial charge in [-0.05, 0) is 55.2 Å². The van der Waals surface area contributed by atoms with Gasteiger partial charge in [0.25, 0.3) is 5.91 Å².